The summed E-state index contributed by atoms with van der Waals surface area (Å²) in [6, 6.07) is 4.25. The van der Waals surface area contributed by atoms with Crippen molar-refractivity contribution in [3.05, 3.63) is 23.9 Å². The van der Waals surface area contributed by atoms with E-state index in [2.05, 4.69) is 16.4 Å². The van der Waals surface area contributed by atoms with Crippen molar-refractivity contribution in [2.24, 2.45) is 0 Å². The van der Waals surface area contributed by atoms with Crippen molar-refractivity contribution in [3.63, 3.8) is 0 Å². The summed E-state index contributed by atoms with van der Waals surface area (Å²) in [6.45, 7) is 9.31. The molecule has 5 heteroatoms. The maximum absolute atomic E-state index is 12.6. The first kappa shape index (κ1) is 16.7. The Balaban J connectivity index is 2.30. The van der Waals surface area contributed by atoms with Crippen molar-refractivity contribution in [2.75, 3.05) is 18.0 Å². The molecule has 22 heavy (non-hydrogen) atoms. The molecule has 1 aliphatic heterocycles. The van der Waals surface area contributed by atoms with Gasteiger partial charge in [0, 0.05) is 24.3 Å². The quantitative estimate of drug-likeness (QED) is 0.922. The molecule has 0 bridgehead atoms. The highest BCUT2D eigenvalue weighted by Gasteiger charge is 2.28. The van der Waals surface area contributed by atoms with Crippen LogP contribution >= 0.6 is 0 Å². The van der Waals surface area contributed by atoms with Crippen LogP contribution in [-0.2, 0) is 4.74 Å². The molecule has 2 rings (SSSR count). The number of amides is 1. The molecule has 0 saturated carbocycles. The maximum Gasteiger partial charge on any atom is 0.416 e. The van der Waals surface area contributed by atoms with E-state index >= 15 is 0 Å². The lowest BCUT2D eigenvalue weighted by Gasteiger charge is -2.28. The molecule has 1 aromatic rings. The van der Waals surface area contributed by atoms with Crippen LogP contribution in [0.1, 0.15) is 58.6 Å². The maximum atomic E-state index is 12.6. The largest absolute Gasteiger partial charge is 0.443 e. The third-order valence-electron chi connectivity index (χ3n) is 3.57. The van der Waals surface area contributed by atoms with Crippen molar-refractivity contribution in [1.29, 1.82) is 0 Å². The summed E-state index contributed by atoms with van der Waals surface area (Å²) in [4.78, 5) is 18.7. The average Bonchev–Trinajstić information content (AvgIpc) is 2.97. The van der Waals surface area contributed by atoms with Gasteiger partial charge in [-0.1, -0.05) is 13.0 Å². The van der Waals surface area contributed by atoms with E-state index in [1.54, 1.807) is 11.1 Å². The zero-order valence-corrected chi connectivity index (χ0v) is 14.1. The van der Waals surface area contributed by atoms with E-state index in [9.17, 15) is 4.79 Å². The molecule has 1 N–H and O–H groups in total. The van der Waals surface area contributed by atoms with Gasteiger partial charge >= 0.3 is 6.09 Å². The molecule has 0 unspecified atom stereocenters. The van der Waals surface area contributed by atoms with Gasteiger partial charge in [-0.15, -0.1) is 0 Å². The second-order valence-electron chi connectivity index (χ2n) is 6.70. The summed E-state index contributed by atoms with van der Waals surface area (Å²) in [6.07, 6.45) is 4.49. The predicted octanol–water partition coefficient (Wildman–Crippen LogP) is 3.66. The monoisotopic (exact) mass is 305 g/mol. The van der Waals surface area contributed by atoms with Crippen LogP contribution in [0.15, 0.2) is 18.3 Å². The molecule has 0 radical (unpaired) electrons. The fourth-order valence-electron chi connectivity index (χ4n) is 2.68. The van der Waals surface area contributed by atoms with Crippen molar-refractivity contribution >= 4 is 11.9 Å². The minimum atomic E-state index is -0.510. The Hall–Kier alpha value is -1.62. The van der Waals surface area contributed by atoms with E-state index in [0.29, 0.717) is 6.54 Å². The third kappa shape index (κ3) is 4.19. The number of hydrogen-bond donors (Lipinski definition) is 1. The minimum Gasteiger partial charge on any atom is -0.443 e. The van der Waals surface area contributed by atoms with E-state index in [-0.39, 0.29) is 12.1 Å². The van der Waals surface area contributed by atoms with E-state index in [1.807, 2.05) is 33.8 Å². The normalized spacial score (nSPS) is 18.3. The summed E-state index contributed by atoms with van der Waals surface area (Å²) in [5.74, 6) is 0.720. The number of nitrogens with zero attached hydrogens (tertiary/aromatic N) is 2. The molecular weight excluding hydrogens is 278 g/mol. The Bertz CT molecular complexity index is 505. The first-order chi connectivity index (χ1) is 10.4. The van der Waals surface area contributed by atoms with Gasteiger partial charge in [0.1, 0.15) is 11.4 Å². The average molecular weight is 305 g/mol. The topological polar surface area (TPSA) is 54.5 Å². The predicted molar refractivity (Wildman–Crippen MR) is 88.1 cm³/mol. The standard InChI is InChI=1S/C17H27N3O2/c1-5-12-20(16(21)22-17(2,3)4)15-13(8-6-11-19-15)14-9-7-10-18-14/h6,8,11,14,18H,5,7,9-10,12H2,1-4H3/t14-/m1/s1. The summed E-state index contributed by atoms with van der Waals surface area (Å²) in [5, 5.41) is 3.48. The highest BCUT2D eigenvalue weighted by atomic mass is 16.6. The molecule has 1 saturated heterocycles. The van der Waals surface area contributed by atoms with Gasteiger partial charge in [0.15, 0.2) is 0 Å². The van der Waals surface area contributed by atoms with Gasteiger partial charge in [-0.2, -0.15) is 0 Å². The summed E-state index contributed by atoms with van der Waals surface area (Å²) >= 11 is 0. The van der Waals surface area contributed by atoms with Gasteiger partial charge < -0.3 is 10.1 Å². The molecule has 0 aromatic carbocycles. The van der Waals surface area contributed by atoms with Crippen LogP contribution in [0.25, 0.3) is 0 Å². The fraction of sp³-hybridized carbons (Fsp3) is 0.647. The van der Waals surface area contributed by atoms with Crippen LogP contribution in [0, 0.1) is 0 Å². The van der Waals surface area contributed by atoms with Gasteiger partial charge in [-0.05, 0) is 52.6 Å². The van der Waals surface area contributed by atoms with Crippen LogP contribution in [0.2, 0.25) is 0 Å². The highest BCUT2D eigenvalue weighted by Crippen LogP contribution is 2.30. The van der Waals surface area contributed by atoms with E-state index in [4.69, 9.17) is 4.74 Å². The molecule has 0 aliphatic carbocycles. The first-order valence-corrected chi connectivity index (χ1v) is 8.11. The smallest absolute Gasteiger partial charge is 0.416 e. The van der Waals surface area contributed by atoms with Crippen molar-refractivity contribution in [2.45, 2.75) is 58.6 Å². The Morgan fingerprint density at radius 2 is 2.27 bits per heavy atom. The molecule has 1 aromatic heterocycles. The Morgan fingerprint density at radius 1 is 1.50 bits per heavy atom. The molecule has 5 nitrogen and oxygen atoms in total. The summed E-state index contributed by atoms with van der Waals surface area (Å²) in [5.41, 5.74) is 0.572. The van der Waals surface area contributed by atoms with Crippen LogP contribution in [0.3, 0.4) is 0 Å². The number of pyridine rings is 1. The molecule has 2 heterocycles. The SMILES string of the molecule is CCCN(C(=O)OC(C)(C)C)c1ncccc1[C@H]1CCCN1. The van der Waals surface area contributed by atoms with Gasteiger partial charge in [0.25, 0.3) is 0 Å². The third-order valence-corrected chi connectivity index (χ3v) is 3.57. The van der Waals surface area contributed by atoms with E-state index < -0.39 is 5.60 Å². The minimum absolute atomic E-state index is 0.269. The van der Waals surface area contributed by atoms with Crippen LogP contribution in [0.4, 0.5) is 10.6 Å². The molecule has 1 atom stereocenters. The zero-order chi connectivity index (χ0) is 16.2. The molecule has 122 valence electrons. The van der Waals surface area contributed by atoms with Crippen molar-refractivity contribution in [1.82, 2.24) is 10.3 Å². The number of carbonyl (C=O) groups excluding carboxylic acids is 1. The van der Waals surface area contributed by atoms with Crippen LogP contribution in [-0.4, -0.2) is 29.8 Å². The summed E-state index contributed by atoms with van der Waals surface area (Å²) < 4.78 is 5.55. The lowest BCUT2D eigenvalue weighted by molar-refractivity contribution is 0.0579. The van der Waals surface area contributed by atoms with Crippen LogP contribution < -0.4 is 10.2 Å². The lowest BCUT2D eigenvalue weighted by atomic mass is 10.1. The van der Waals surface area contributed by atoms with Gasteiger partial charge in [-0.3, -0.25) is 4.90 Å². The van der Waals surface area contributed by atoms with Gasteiger partial charge in [-0.25, -0.2) is 9.78 Å². The molecule has 0 spiro atoms. The van der Waals surface area contributed by atoms with E-state index in [0.717, 1.165) is 37.2 Å². The number of ether oxygens (including phenoxy) is 1. The van der Waals surface area contributed by atoms with Gasteiger partial charge in [0.2, 0.25) is 0 Å². The number of rotatable bonds is 4. The number of carbonyl (C=O) groups is 1. The van der Waals surface area contributed by atoms with Crippen LogP contribution in [0.5, 0.6) is 0 Å². The summed E-state index contributed by atoms with van der Waals surface area (Å²) in [7, 11) is 0. The highest BCUT2D eigenvalue weighted by molar-refractivity contribution is 5.87. The lowest BCUT2D eigenvalue weighted by Crippen LogP contribution is -2.38. The second kappa shape index (κ2) is 7.09. The number of nitrogens with one attached hydrogen (secondary N) is 1. The molecule has 1 aliphatic rings. The Morgan fingerprint density at radius 3 is 2.86 bits per heavy atom. The molecule has 1 fully saturated rings. The fourth-order valence-corrected chi connectivity index (χ4v) is 2.68. The number of hydrogen-bond acceptors (Lipinski definition) is 4. The first-order valence-electron chi connectivity index (χ1n) is 8.11. The Labute approximate surface area is 133 Å². The van der Waals surface area contributed by atoms with E-state index in [1.165, 1.54) is 0 Å². The second-order valence-corrected chi connectivity index (χ2v) is 6.70. The van der Waals surface area contributed by atoms with Crippen molar-refractivity contribution in [3.8, 4) is 0 Å². The number of aromatic nitrogens is 1. The molecular formula is C17H27N3O2. The van der Waals surface area contributed by atoms with Crippen molar-refractivity contribution < 1.29 is 9.53 Å². The number of anilines is 1. The van der Waals surface area contributed by atoms with Gasteiger partial charge in [0.05, 0.1) is 0 Å². The zero-order valence-electron chi connectivity index (χ0n) is 14.1. The Kier molecular flexibility index (Phi) is 5.40. The molecule has 1 amide bonds.